The highest BCUT2D eigenvalue weighted by molar-refractivity contribution is 7.89. The largest absolute Gasteiger partial charge is 0.480 e. The molecule has 8 heteroatoms. The molecule has 1 aromatic heterocycles. The topological polar surface area (TPSA) is 101 Å². The predicted molar refractivity (Wildman–Crippen MR) is 79.8 cm³/mol. The molecule has 7 nitrogen and oxygen atoms in total. The Labute approximate surface area is 128 Å². The average molecular weight is 323 g/mol. The van der Waals surface area contributed by atoms with Gasteiger partial charge in [0, 0.05) is 7.05 Å². The Bertz CT molecular complexity index is 769. The zero-order valence-corrected chi connectivity index (χ0v) is 13.0. The molecule has 2 N–H and O–H groups in total. The molecule has 0 aliphatic heterocycles. The van der Waals surface area contributed by atoms with Crippen molar-refractivity contribution in [3.8, 4) is 0 Å². The number of aliphatic carboxylic acids is 1. The zero-order valence-electron chi connectivity index (χ0n) is 12.2. The van der Waals surface area contributed by atoms with E-state index in [0.717, 1.165) is 5.56 Å². The van der Waals surface area contributed by atoms with E-state index >= 15 is 0 Å². The summed E-state index contributed by atoms with van der Waals surface area (Å²) in [5, 5.41) is 13.1. The highest BCUT2D eigenvalue weighted by Crippen LogP contribution is 2.14. The third kappa shape index (κ3) is 3.52. The Morgan fingerprint density at radius 1 is 1.36 bits per heavy atom. The summed E-state index contributed by atoms with van der Waals surface area (Å²) in [7, 11) is -2.33. The lowest BCUT2D eigenvalue weighted by atomic mass is 10.1. The number of sulfonamides is 1. The molecule has 0 bridgehead atoms. The summed E-state index contributed by atoms with van der Waals surface area (Å²) in [6.45, 7) is 1.61. The fourth-order valence-electron chi connectivity index (χ4n) is 2.02. The number of aromatic nitrogens is 2. The van der Waals surface area contributed by atoms with Crippen molar-refractivity contribution in [2.24, 2.45) is 7.05 Å². The molecule has 0 amide bonds. The molecule has 1 aromatic carbocycles. The number of nitrogens with one attached hydrogen (secondary N) is 1. The molecule has 118 valence electrons. The van der Waals surface area contributed by atoms with E-state index in [1.165, 1.54) is 10.9 Å². The molecule has 0 saturated carbocycles. The number of hydrogen-bond donors (Lipinski definition) is 2. The van der Waals surface area contributed by atoms with Gasteiger partial charge in [-0.1, -0.05) is 30.3 Å². The highest BCUT2D eigenvalue weighted by Gasteiger charge is 2.28. The van der Waals surface area contributed by atoms with Gasteiger partial charge >= 0.3 is 5.97 Å². The second-order valence-corrected chi connectivity index (χ2v) is 6.60. The fraction of sp³-hybridized carbons (Fsp3) is 0.286. The molecule has 0 aliphatic rings. The van der Waals surface area contributed by atoms with E-state index in [4.69, 9.17) is 0 Å². The first-order chi connectivity index (χ1) is 10.3. The van der Waals surface area contributed by atoms with Crippen molar-refractivity contribution < 1.29 is 18.3 Å². The van der Waals surface area contributed by atoms with E-state index in [9.17, 15) is 18.3 Å². The molecule has 1 heterocycles. The summed E-state index contributed by atoms with van der Waals surface area (Å²) in [4.78, 5) is 11.3. The van der Waals surface area contributed by atoms with Crippen LogP contribution in [0.3, 0.4) is 0 Å². The van der Waals surface area contributed by atoms with E-state index in [0.29, 0.717) is 5.69 Å². The van der Waals surface area contributed by atoms with Crippen LogP contribution in [0.25, 0.3) is 0 Å². The van der Waals surface area contributed by atoms with E-state index < -0.39 is 22.0 Å². The van der Waals surface area contributed by atoms with Gasteiger partial charge in [-0.2, -0.15) is 9.82 Å². The summed E-state index contributed by atoms with van der Waals surface area (Å²) >= 11 is 0. The Morgan fingerprint density at radius 3 is 2.50 bits per heavy atom. The first-order valence-corrected chi connectivity index (χ1v) is 8.07. The van der Waals surface area contributed by atoms with Gasteiger partial charge in [-0.15, -0.1) is 0 Å². The molecule has 0 spiro atoms. The van der Waals surface area contributed by atoms with E-state index in [-0.39, 0.29) is 11.3 Å². The number of benzene rings is 1. The molecule has 2 aromatic rings. The van der Waals surface area contributed by atoms with Crippen LogP contribution in [0.1, 0.15) is 11.3 Å². The maximum absolute atomic E-state index is 12.3. The van der Waals surface area contributed by atoms with E-state index in [2.05, 4.69) is 9.82 Å². The smallest absolute Gasteiger partial charge is 0.322 e. The Balaban J connectivity index is 2.24. The summed E-state index contributed by atoms with van der Waals surface area (Å²) < 4.78 is 28.3. The number of hydrogen-bond acceptors (Lipinski definition) is 4. The van der Waals surface area contributed by atoms with Crippen molar-refractivity contribution in [3.63, 3.8) is 0 Å². The van der Waals surface area contributed by atoms with Crippen LogP contribution >= 0.6 is 0 Å². The van der Waals surface area contributed by atoms with Crippen LogP contribution in [-0.4, -0.2) is 35.3 Å². The van der Waals surface area contributed by atoms with Gasteiger partial charge in [0.15, 0.2) is 0 Å². The number of rotatable bonds is 6. The van der Waals surface area contributed by atoms with Gasteiger partial charge in [-0.3, -0.25) is 9.48 Å². The number of carboxylic acid groups (broad SMARTS) is 1. The van der Waals surface area contributed by atoms with Gasteiger partial charge in [0.25, 0.3) is 0 Å². The number of aryl methyl sites for hydroxylation is 1. The van der Waals surface area contributed by atoms with Gasteiger partial charge < -0.3 is 5.11 Å². The second kappa shape index (κ2) is 6.29. The first kappa shape index (κ1) is 16.2. The van der Waals surface area contributed by atoms with E-state index in [1.807, 2.05) is 6.07 Å². The third-order valence-electron chi connectivity index (χ3n) is 3.36. The third-order valence-corrected chi connectivity index (χ3v) is 4.93. The van der Waals surface area contributed by atoms with Crippen molar-refractivity contribution in [1.29, 1.82) is 0 Å². The predicted octanol–water partition coefficient (Wildman–Crippen LogP) is 0.703. The van der Waals surface area contributed by atoms with Crippen molar-refractivity contribution in [1.82, 2.24) is 14.5 Å². The maximum Gasteiger partial charge on any atom is 0.322 e. The quantitative estimate of drug-likeness (QED) is 0.815. The Hall–Kier alpha value is -2.19. The van der Waals surface area contributed by atoms with Crippen LogP contribution in [0.2, 0.25) is 0 Å². The van der Waals surface area contributed by atoms with Crippen LogP contribution in [0.15, 0.2) is 41.4 Å². The average Bonchev–Trinajstić information content (AvgIpc) is 2.80. The van der Waals surface area contributed by atoms with E-state index in [1.54, 1.807) is 38.2 Å². The molecular weight excluding hydrogens is 306 g/mol. The van der Waals surface area contributed by atoms with Gasteiger partial charge in [-0.05, 0) is 18.9 Å². The van der Waals surface area contributed by atoms with Crippen molar-refractivity contribution in [2.75, 3.05) is 0 Å². The standard InChI is InChI=1S/C14H17N3O4S/c1-10-13(9-15-17(10)2)22(20,21)16-12(14(18)19)8-11-6-4-3-5-7-11/h3-7,9,12,16H,8H2,1-2H3,(H,18,19)/t12-/m0/s1. The molecule has 22 heavy (non-hydrogen) atoms. The minimum Gasteiger partial charge on any atom is -0.480 e. The lowest BCUT2D eigenvalue weighted by Crippen LogP contribution is -2.42. The molecule has 0 radical (unpaired) electrons. The second-order valence-electron chi connectivity index (χ2n) is 4.92. The zero-order chi connectivity index (χ0) is 16.3. The number of nitrogens with zero attached hydrogens (tertiary/aromatic N) is 2. The van der Waals surface area contributed by atoms with Crippen LogP contribution in [0.4, 0.5) is 0 Å². The van der Waals surface area contributed by atoms with Crippen molar-refractivity contribution in [2.45, 2.75) is 24.3 Å². The van der Waals surface area contributed by atoms with Crippen molar-refractivity contribution in [3.05, 3.63) is 47.8 Å². The van der Waals surface area contributed by atoms with Gasteiger partial charge in [0.1, 0.15) is 10.9 Å². The van der Waals surface area contributed by atoms with Crippen LogP contribution in [0, 0.1) is 6.92 Å². The SMILES string of the molecule is Cc1c(S(=O)(=O)N[C@@H](Cc2ccccc2)C(=O)O)cnn1C. The Kier molecular flexibility index (Phi) is 4.62. The summed E-state index contributed by atoms with van der Waals surface area (Å²) in [5.74, 6) is -1.23. The summed E-state index contributed by atoms with van der Waals surface area (Å²) in [6, 6.07) is 7.61. The first-order valence-electron chi connectivity index (χ1n) is 6.59. The number of carboxylic acids is 1. The summed E-state index contributed by atoms with van der Waals surface area (Å²) in [6.07, 6.45) is 1.27. The normalized spacial score (nSPS) is 13.0. The van der Waals surface area contributed by atoms with Crippen LogP contribution < -0.4 is 4.72 Å². The molecular formula is C14H17N3O4S. The van der Waals surface area contributed by atoms with Crippen LogP contribution in [0.5, 0.6) is 0 Å². The highest BCUT2D eigenvalue weighted by atomic mass is 32.2. The maximum atomic E-state index is 12.3. The molecule has 0 fully saturated rings. The Morgan fingerprint density at radius 2 is 2.00 bits per heavy atom. The lowest BCUT2D eigenvalue weighted by Gasteiger charge is -2.14. The van der Waals surface area contributed by atoms with Gasteiger partial charge in [0.05, 0.1) is 11.9 Å². The minimum atomic E-state index is -3.95. The molecule has 0 unspecified atom stereocenters. The molecule has 0 aliphatic carbocycles. The van der Waals surface area contributed by atoms with Crippen molar-refractivity contribution >= 4 is 16.0 Å². The molecule has 2 rings (SSSR count). The lowest BCUT2D eigenvalue weighted by molar-refractivity contribution is -0.138. The van der Waals surface area contributed by atoms with Gasteiger partial charge in [0.2, 0.25) is 10.0 Å². The minimum absolute atomic E-state index is 0.0192. The van der Waals surface area contributed by atoms with Crippen LogP contribution in [-0.2, 0) is 28.3 Å². The molecule has 1 atom stereocenters. The number of carbonyl (C=O) groups is 1. The fourth-order valence-corrected chi connectivity index (χ4v) is 3.41. The van der Waals surface area contributed by atoms with Gasteiger partial charge in [-0.25, -0.2) is 8.42 Å². The summed E-state index contributed by atoms with van der Waals surface area (Å²) in [5.41, 5.74) is 1.18. The molecule has 0 saturated heterocycles. The monoisotopic (exact) mass is 323 g/mol.